The molecule has 0 saturated heterocycles. The summed E-state index contributed by atoms with van der Waals surface area (Å²) in [4.78, 5) is 0. The van der Waals surface area contributed by atoms with E-state index in [0.29, 0.717) is 66.5 Å². The Morgan fingerprint density at radius 3 is 1.22 bits per heavy atom. The van der Waals surface area contributed by atoms with Crippen LogP contribution in [-0.2, 0) is 0 Å². The number of ether oxygens (including phenoxy) is 4. The van der Waals surface area contributed by atoms with Gasteiger partial charge in [0.05, 0.1) is 4.47 Å². The van der Waals surface area contributed by atoms with Gasteiger partial charge >= 0.3 is 7.12 Å². The van der Waals surface area contributed by atoms with Crippen LogP contribution in [0.3, 0.4) is 0 Å². The molecule has 0 aliphatic carbocycles. The summed E-state index contributed by atoms with van der Waals surface area (Å²) in [6, 6.07) is 55.2. The molecule has 2 N–H and O–H groups in total. The molecule has 12 rings (SSSR count). The van der Waals surface area contributed by atoms with E-state index in [4.69, 9.17) is 75.4 Å². The molecule has 0 spiro atoms. The average Bonchev–Trinajstić information content (AvgIpc) is 3.38. The van der Waals surface area contributed by atoms with Crippen molar-refractivity contribution in [2.75, 3.05) is 0 Å². The first-order valence-electron chi connectivity index (χ1n) is 22.9. The Labute approximate surface area is 461 Å². The Balaban J connectivity index is 0.000000161. The Morgan fingerprint density at radius 2 is 0.757 bits per heavy atom. The second-order valence-corrected chi connectivity index (χ2v) is 19.9. The Bertz CT molecular complexity index is 3740. The van der Waals surface area contributed by atoms with Crippen molar-refractivity contribution in [2.24, 2.45) is 0 Å². The third kappa shape index (κ3) is 10.5. The number of hydrogen-bond donors (Lipinski definition) is 2. The van der Waals surface area contributed by atoms with Gasteiger partial charge < -0.3 is 29.0 Å². The lowest BCUT2D eigenvalue weighted by molar-refractivity contribution is 0.360. The van der Waals surface area contributed by atoms with Crippen LogP contribution in [0.25, 0.3) is 54.9 Å². The van der Waals surface area contributed by atoms with E-state index in [1.54, 1.807) is 19.1 Å². The lowest BCUT2D eigenvalue weighted by atomic mass is 9.77. The maximum atomic E-state index is 8.93. The molecule has 367 valence electrons. The van der Waals surface area contributed by atoms with Crippen molar-refractivity contribution in [3.8, 4) is 79.4 Å². The zero-order valence-electron chi connectivity index (χ0n) is 39.7. The van der Waals surface area contributed by atoms with E-state index in [9.17, 15) is 0 Å². The highest BCUT2D eigenvalue weighted by atomic mass is 79.9. The van der Waals surface area contributed by atoms with Crippen LogP contribution in [0.1, 0.15) is 29.7 Å². The van der Waals surface area contributed by atoms with Crippen molar-refractivity contribution in [1.29, 1.82) is 0 Å². The van der Waals surface area contributed by atoms with E-state index < -0.39 is 7.12 Å². The molecular formula is C61H46B2BrCl4O6. The summed E-state index contributed by atoms with van der Waals surface area (Å²) < 4.78 is 26.6. The summed E-state index contributed by atoms with van der Waals surface area (Å²) in [6.07, 6.45) is 0. The summed E-state index contributed by atoms with van der Waals surface area (Å²) in [5.74, 6) is 5.58. The van der Waals surface area contributed by atoms with Crippen molar-refractivity contribution in [2.45, 2.75) is 35.1 Å². The zero-order chi connectivity index (χ0) is 50.4. The number of fused-ring (bicyclic) bond motifs is 6. The largest absolute Gasteiger partial charge is 0.488 e. The van der Waals surface area contributed by atoms with E-state index in [1.165, 1.54) is 0 Å². The molecular weight excluding hydrogens is 1070 g/mol. The Hall–Kier alpha value is -6.39. The molecule has 0 atom stereocenters. The molecule has 0 unspecified atom stereocenters. The Kier molecular flexibility index (Phi) is 16.5. The molecule has 13 heteroatoms. The van der Waals surface area contributed by atoms with Crippen LogP contribution in [0.2, 0.25) is 20.1 Å². The highest BCUT2D eigenvalue weighted by molar-refractivity contribution is 9.10. The molecule has 2 heterocycles. The normalized spacial score (nSPS) is 11.4. The molecule has 0 fully saturated rings. The summed E-state index contributed by atoms with van der Waals surface area (Å²) in [7, 11) is -1.42. The highest BCUT2D eigenvalue weighted by Crippen LogP contribution is 2.59. The minimum absolute atomic E-state index is 0. The zero-order valence-corrected chi connectivity index (χ0v) is 44.3. The fourth-order valence-corrected chi connectivity index (χ4v) is 10.3. The minimum atomic E-state index is -1.42. The highest BCUT2D eigenvalue weighted by Gasteiger charge is 2.31. The van der Waals surface area contributed by atoms with Crippen molar-refractivity contribution in [1.82, 2.24) is 0 Å². The lowest BCUT2D eigenvalue weighted by Gasteiger charge is -2.28. The third-order valence-electron chi connectivity index (χ3n) is 12.6. The number of hydrogen-bond acceptors (Lipinski definition) is 6. The van der Waals surface area contributed by atoms with E-state index in [-0.39, 0.29) is 15.8 Å². The van der Waals surface area contributed by atoms with Crippen molar-refractivity contribution >= 4 is 105 Å². The van der Waals surface area contributed by atoms with E-state index in [1.807, 2.05) is 129 Å². The predicted octanol–water partition coefficient (Wildman–Crippen LogP) is 18.7. The van der Waals surface area contributed by atoms with Crippen molar-refractivity contribution in [3.05, 3.63) is 217 Å². The minimum Gasteiger partial charge on any atom is -0.449 e. The molecule has 0 amide bonds. The molecule has 0 aromatic heterocycles. The average molecular weight is 1120 g/mol. The van der Waals surface area contributed by atoms with Gasteiger partial charge in [0, 0.05) is 50.6 Å². The fraction of sp³-hybridized carbons (Fsp3) is 0.0820. The first-order chi connectivity index (χ1) is 34.7. The van der Waals surface area contributed by atoms with Crippen molar-refractivity contribution in [3.63, 3.8) is 0 Å². The SMILES string of the molecule is C.Cc1cc(-c2c3c(c(-c4ccc(Cl)cc4)c4ccccc24)Oc2ccccc2O3)c(C)cc1Cl.Cc1cc(B(O)O)c(C)cc1Cl.Clc1ccc(-c2c3c(c(Br)c4ccccc24)Oc2ccccc2O3)cc1.[B]. The third-order valence-corrected chi connectivity index (χ3v) is 14.7. The second kappa shape index (κ2) is 22.6. The maximum Gasteiger partial charge on any atom is 0.488 e. The molecule has 10 aromatic rings. The molecule has 0 bridgehead atoms. The number of para-hydroxylation sites is 4. The summed E-state index contributed by atoms with van der Waals surface area (Å²) >= 11 is 28.3. The van der Waals surface area contributed by atoms with Gasteiger partial charge in [-0.1, -0.05) is 157 Å². The van der Waals surface area contributed by atoms with Gasteiger partial charge in [-0.2, -0.15) is 0 Å². The first-order valence-corrected chi connectivity index (χ1v) is 25.2. The number of halogens is 5. The quantitative estimate of drug-likeness (QED) is 0.171. The van der Waals surface area contributed by atoms with Gasteiger partial charge in [-0.05, 0) is 171 Å². The first kappa shape index (κ1) is 53.9. The van der Waals surface area contributed by atoms with Crippen LogP contribution >= 0.6 is 62.3 Å². The van der Waals surface area contributed by atoms with E-state index in [2.05, 4.69) is 65.3 Å². The summed E-state index contributed by atoms with van der Waals surface area (Å²) in [5, 5.41) is 25.0. The van der Waals surface area contributed by atoms with Gasteiger partial charge in [0.15, 0.2) is 46.0 Å². The molecule has 6 nitrogen and oxygen atoms in total. The van der Waals surface area contributed by atoms with E-state index in [0.717, 1.165) is 86.7 Å². The molecule has 3 radical (unpaired) electrons. The Morgan fingerprint density at radius 1 is 0.405 bits per heavy atom. The summed E-state index contributed by atoms with van der Waals surface area (Å²) in [5.41, 5.74) is 10.3. The second-order valence-electron chi connectivity index (χ2n) is 17.4. The number of aryl methyl sites for hydroxylation is 4. The van der Waals surface area contributed by atoms with Gasteiger partial charge in [-0.25, -0.2) is 0 Å². The van der Waals surface area contributed by atoms with Gasteiger partial charge in [0.25, 0.3) is 0 Å². The number of rotatable bonds is 4. The molecule has 2 aliphatic rings. The predicted molar refractivity (Wildman–Crippen MR) is 313 cm³/mol. The standard InChI is InChI=1S/C30H20Cl2O2.C22H12BrClO2.C8H10BClO2.CH4.B/c1-17-16-24(32)18(2)15-23(17)28-22-8-4-3-7-21(22)27(19-11-13-20(31)14-12-19)29-30(28)34-26-10-6-5-9-25(26)33-29;23-20-16-6-2-1-5-15(16)19(13-9-11-14(24)12-10-13)21-22(20)26-18-8-4-3-7-17(18)25-21;1-5-4-8(10)6(2)3-7(5)9(11)12;;/h3-16H,1-2H3;1-12H;3-4,11-12H,1-2H3;1H4;. The van der Waals surface area contributed by atoms with Gasteiger partial charge in [0.2, 0.25) is 0 Å². The summed E-state index contributed by atoms with van der Waals surface area (Å²) in [6.45, 7) is 7.72. The fourth-order valence-electron chi connectivity index (χ4n) is 9.01. The van der Waals surface area contributed by atoms with Crippen LogP contribution in [0.15, 0.2) is 174 Å². The molecule has 2 aliphatic heterocycles. The van der Waals surface area contributed by atoms with E-state index >= 15 is 0 Å². The number of benzene rings is 10. The van der Waals surface area contributed by atoms with Gasteiger partial charge in [-0.3, -0.25) is 0 Å². The maximum absolute atomic E-state index is 8.93. The van der Waals surface area contributed by atoms with Crippen molar-refractivity contribution < 1.29 is 29.0 Å². The molecule has 10 aromatic carbocycles. The van der Waals surface area contributed by atoms with Crippen LogP contribution in [0, 0.1) is 27.7 Å². The van der Waals surface area contributed by atoms with Gasteiger partial charge in [0.1, 0.15) is 0 Å². The van der Waals surface area contributed by atoms with Crippen LogP contribution in [-0.4, -0.2) is 25.6 Å². The molecule has 0 saturated carbocycles. The molecule has 74 heavy (non-hydrogen) atoms. The monoisotopic (exact) mass is 1120 g/mol. The van der Waals surface area contributed by atoms with Crippen LogP contribution in [0.5, 0.6) is 46.0 Å². The topological polar surface area (TPSA) is 77.4 Å². The van der Waals surface area contributed by atoms with Gasteiger partial charge in [-0.15, -0.1) is 0 Å². The van der Waals surface area contributed by atoms with Crippen LogP contribution in [0.4, 0.5) is 0 Å². The smallest absolute Gasteiger partial charge is 0.449 e. The lowest BCUT2D eigenvalue weighted by Crippen LogP contribution is -2.32. The van der Waals surface area contributed by atoms with Crippen LogP contribution < -0.4 is 24.4 Å².